The molecule has 60 valence electrons. The maximum absolute atomic E-state index is 10.1. The van der Waals surface area contributed by atoms with Crippen LogP contribution in [0.15, 0.2) is 0 Å². The fraction of sp³-hybridized carbons (Fsp3) is 0.875. The molecule has 2 heteroatoms. The van der Waals surface area contributed by atoms with Gasteiger partial charge in [0.05, 0.1) is 0 Å². The maximum atomic E-state index is 10.1. The van der Waals surface area contributed by atoms with Crippen molar-refractivity contribution in [1.82, 2.24) is 0 Å². The Bertz CT molecular complexity index is 91.3. The van der Waals surface area contributed by atoms with Gasteiger partial charge in [0.2, 0.25) is 0 Å². The van der Waals surface area contributed by atoms with Crippen molar-refractivity contribution in [3.8, 4) is 0 Å². The number of hydrogen-bond donors (Lipinski definition) is 1. The van der Waals surface area contributed by atoms with Crippen LogP contribution in [0.25, 0.3) is 0 Å². The topological polar surface area (TPSA) is 37.3 Å². The van der Waals surface area contributed by atoms with Crippen molar-refractivity contribution in [3.63, 3.8) is 0 Å². The van der Waals surface area contributed by atoms with Crippen molar-refractivity contribution < 1.29 is 9.90 Å². The second-order valence-electron chi connectivity index (χ2n) is 2.73. The third-order valence-electron chi connectivity index (χ3n) is 2.08. The predicted octanol–water partition coefficient (Wildman–Crippen LogP) is 1.23. The zero-order valence-corrected chi connectivity index (χ0v) is 6.71. The minimum Gasteiger partial charge on any atom is -0.396 e. The number of aliphatic hydroxyl groups is 1. The van der Waals surface area contributed by atoms with Crippen LogP contribution < -0.4 is 0 Å². The van der Waals surface area contributed by atoms with Gasteiger partial charge in [-0.3, -0.25) is 0 Å². The SMILES string of the molecule is CCC(C)C(CO)CC=O. The van der Waals surface area contributed by atoms with Crippen LogP contribution in [0.5, 0.6) is 0 Å². The van der Waals surface area contributed by atoms with Crippen LogP contribution in [0, 0.1) is 11.8 Å². The van der Waals surface area contributed by atoms with Gasteiger partial charge in [-0.25, -0.2) is 0 Å². The Hall–Kier alpha value is -0.370. The summed E-state index contributed by atoms with van der Waals surface area (Å²) in [6.45, 7) is 4.26. The van der Waals surface area contributed by atoms with Crippen LogP contribution in [0.4, 0.5) is 0 Å². The highest BCUT2D eigenvalue weighted by Crippen LogP contribution is 2.16. The summed E-state index contributed by atoms with van der Waals surface area (Å²) in [4.78, 5) is 10.1. The Morgan fingerprint density at radius 1 is 1.60 bits per heavy atom. The number of carbonyl (C=O) groups is 1. The summed E-state index contributed by atoms with van der Waals surface area (Å²) in [7, 11) is 0. The largest absolute Gasteiger partial charge is 0.396 e. The van der Waals surface area contributed by atoms with Gasteiger partial charge in [-0.2, -0.15) is 0 Å². The molecule has 2 unspecified atom stereocenters. The van der Waals surface area contributed by atoms with E-state index < -0.39 is 0 Å². The van der Waals surface area contributed by atoms with E-state index in [1.54, 1.807) is 0 Å². The Balaban J connectivity index is 3.67. The van der Waals surface area contributed by atoms with Crippen molar-refractivity contribution in [2.45, 2.75) is 26.7 Å². The average molecular weight is 144 g/mol. The number of carbonyl (C=O) groups excluding carboxylic acids is 1. The molecule has 0 aliphatic rings. The van der Waals surface area contributed by atoms with Crippen LogP contribution in [0.2, 0.25) is 0 Å². The van der Waals surface area contributed by atoms with Crippen LogP contribution in [0.3, 0.4) is 0 Å². The van der Waals surface area contributed by atoms with E-state index >= 15 is 0 Å². The van der Waals surface area contributed by atoms with Gasteiger partial charge >= 0.3 is 0 Å². The number of rotatable bonds is 5. The standard InChI is InChI=1S/C8H16O2/c1-3-7(2)8(6-10)4-5-9/h5,7-8,10H,3-4,6H2,1-2H3. The van der Waals surface area contributed by atoms with Crippen molar-refractivity contribution in [3.05, 3.63) is 0 Å². The van der Waals surface area contributed by atoms with E-state index in [0.29, 0.717) is 12.3 Å². The summed E-state index contributed by atoms with van der Waals surface area (Å²) >= 11 is 0. The molecular formula is C8H16O2. The number of aliphatic hydroxyl groups excluding tert-OH is 1. The Labute approximate surface area is 62.2 Å². The molecule has 0 amide bonds. The van der Waals surface area contributed by atoms with Gasteiger partial charge in [0.15, 0.2) is 0 Å². The zero-order chi connectivity index (χ0) is 7.98. The van der Waals surface area contributed by atoms with Crippen molar-refractivity contribution in [2.75, 3.05) is 6.61 Å². The molecule has 0 bridgehead atoms. The van der Waals surface area contributed by atoms with Gasteiger partial charge in [-0.15, -0.1) is 0 Å². The van der Waals surface area contributed by atoms with Gasteiger partial charge in [0, 0.05) is 13.0 Å². The lowest BCUT2D eigenvalue weighted by Gasteiger charge is -2.17. The normalized spacial score (nSPS) is 16.3. The highest BCUT2D eigenvalue weighted by Gasteiger charge is 2.13. The molecule has 0 saturated heterocycles. The minimum atomic E-state index is 0.133. The first-order chi connectivity index (χ1) is 4.76. The molecule has 0 heterocycles. The van der Waals surface area contributed by atoms with E-state index in [4.69, 9.17) is 5.11 Å². The molecule has 10 heavy (non-hydrogen) atoms. The summed E-state index contributed by atoms with van der Waals surface area (Å²) in [6.07, 6.45) is 2.40. The van der Waals surface area contributed by atoms with Gasteiger partial charge < -0.3 is 9.90 Å². The Morgan fingerprint density at radius 3 is 2.50 bits per heavy atom. The Morgan fingerprint density at radius 2 is 2.20 bits per heavy atom. The van der Waals surface area contributed by atoms with Crippen molar-refractivity contribution >= 4 is 6.29 Å². The molecule has 0 fully saturated rings. The van der Waals surface area contributed by atoms with E-state index in [9.17, 15) is 4.79 Å². The molecule has 2 atom stereocenters. The van der Waals surface area contributed by atoms with Crippen LogP contribution in [-0.2, 0) is 4.79 Å². The first-order valence-electron chi connectivity index (χ1n) is 3.80. The quantitative estimate of drug-likeness (QED) is 0.589. The van der Waals surface area contributed by atoms with Crippen molar-refractivity contribution in [1.29, 1.82) is 0 Å². The fourth-order valence-corrected chi connectivity index (χ4v) is 0.944. The molecule has 0 radical (unpaired) electrons. The third-order valence-corrected chi connectivity index (χ3v) is 2.08. The van der Waals surface area contributed by atoms with E-state index in [2.05, 4.69) is 13.8 Å². The molecule has 1 N–H and O–H groups in total. The van der Waals surface area contributed by atoms with Gasteiger partial charge in [0.1, 0.15) is 6.29 Å². The van der Waals surface area contributed by atoms with Gasteiger partial charge in [-0.05, 0) is 11.8 Å². The van der Waals surface area contributed by atoms with E-state index in [0.717, 1.165) is 12.7 Å². The lowest BCUT2D eigenvalue weighted by Crippen LogP contribution is -2.15. The summed E-state index contributed by atoms with van der Waals surface area (Å²) in [5, 5.41) is 8.80. The van der Waals surface area contributed by atoms with Crippen LogP contribution >= 0.6 is 0 Å². The summed E-state index contributed by atoms with van der Waals surface area (Å²) in [5.74, 6) is 0.623. The van der Waals surface area contributed by atoms with E-state index in [1.807, 2.05) is 0 Å². The second kappa shape index (κ2) is 5.42. The average Bonchev–Trinajstić information content (AvgIpc) is 1.99. The van der Waals surface area contributed by atoms with E-state index in [1.165, 1.54) is 0 Å². The van der Waals surface area contributed by atoms with E-state index in [-0.39, 0.29) is 12.5 Å². The summed E-state index contributed by atoms with van der Waals surface area (Å²) in [6, 6.07) is 0. The first-order valence-corrected chi connectivity index (χ1v) is 3.80. The van der Waals surface area contributed by atoms with Crippen LogP contribution in [0.1, 0.15) is 26.7 Å². The minimum absolute atomic E-state index is 0.133. The summed E-state index contributed by atoms with van der Waals surface area (Å²) in [5.41, 5.74) is 0. The molecule has 0 rings (SSSR count). The Kier molecular flexibility index (Phi) is 5.22. The molecule has 2 nitrogen and oxygen atoms in total. The number of hydrogen-bond acceptors (Lipinski definition) is 2. The van der Waals surface area contributed by atoms with Crippen LogP contribution in [-0.4, -0.2) is 18.0 Å². The molecule has 0 aromatic carbocycles. The molecule has 0 aliphatic carbocycles. The first kappa shape index (κ1) is 9.63. The highest BCUT2D eigenvalue weighted by atomic mass is 16.3. The maximum Gasteiger partial charge on any atom is 0.120 e. The third kappa shape index (κ3) is 2.97. The molecular weight excluding hydrogens is 128 g/mol. The smallest absolute Gasteiger partial charge is 0.120 e. The predicted molar refractivity (Wildman–Crippen MR) is 40.7 cm³/mol. The molecule has 0 spiro atoms. The number of aldehydes is 1. The summed E-state index contributed by atoms with van der Waals surface area (Å²) < 4.78 is 0. The zero-order valence-electron chi connectivity index (χ0n) is 6.71. The molecule has 0 aromatic heterocycles. The monoisotopic (exact) mass is 144 g/mol. The molecule has 0 aliphatic heterocycles. The van der Waals surface area contributed by atoms with Gasteiger partial charge in [0.25, 0.3) is 0 Å². The van der Waals surface area contributed by atoms with Gasteiger partial charge in [-0.1, -0.05) is 20.3 Å². The highest BCUT2D eigenvalue weighted by molar-refractivity contribution is 5.49. The molecule has 0 aromatic rings. The fourth-order valence-electron chi connectivity index (χ4n) is 0.944. The second-order valence-corrected chi connectivity index (χ2v) is 2.73. The molecule has 0 saturated carbocycles. The van der Waals surface area contributed by atoms with Crippen molar-refractivity contribution in [2.24, 2.45) is 11.8 Å². The lowest BCUT2D eigenvalue weighted by atomic mass is 9.90. The lowest BCUT2D eigenvalue weighted by molar-refractivity contribution is -0.109.